The second-order valence-corrected chi connectivity index (χ2v) is 14.3. The van der Waals surface area contributed by atoms with Crippen molar-refractivity contribution < 1.29 is 41.0 Å². The number of benzene rings is 2. The number of unbranched alkanes of at least 4 members (excludes halogenated alkanes) is 2. The third-order valence-electron chi connectivity index (χ3n) is 10.1. The number of hydrogen-bond donors (Lipinski definition) is 1. The minimum Gasteiger partial charge on any atom is -0.466 e. The van der Waals surface area contributed by atoms with Crippen LogP contribution in [0, 0.1) is 25.5 Å². The standard InChI is InChI=1S/C43H52F5N3O5/c1-7-10-11-12-15-29-20-32(44)19-27(4)40(29)31-18-28(5)41(45)34(21-31)36(23-39(53)56-9-3)49-42(54)37(14-8-2)51-24-30(35(22-38(51)52)43(46,47)48)16-13-17-50-25-33(26-50)55-6/h7-8,18-22,24,33,36-37H,1-2,9-17,23,25-26H2,3-6H3,(H,49,54)/t36-,37-/m0/s1. The lowest BCUT2D eigenvalue weighted by Crippen LogP contribution is -2.51. The molecular weight excluding hydrogens is 733 g/mol. The van der Waals surface area contributed by atoms with E-state index in [4.69, 9.17) is 9.47 Å². The predicted molar refractivity (Wildman–Crippen MR) is 206 cm³/mol. The van der Waals surface area contributed by atoms with Crippen molar-refractivity contribution in [1.82, 2.24) is 14.8 Å². The zero-order chi connectivity index (χ0) is 41.2. The lowest BCUT2D eigenvalue weighted by Gasteiger charge is -2.38. The molecule has 0 saturated carbocycles. The fourth-order valence-corrected chi connectivity index (χ4v) is 7.27. The van der Waals surface area contributed by atoms with E-state index in [9.17, 15) is 31.9 Å². The van der Waals surface area contributed by atoms with Gasteiger partial charge in [0.15, 0.2) is 0 Å². The quantitative estimate of drug-likeness (QED) is 0.0535. The Bertz CT molecular complexity index is 1940. The number of rotatable bonds is 20. The molecule has 3 aromatic rings. The molecule has 304 valence electrons. The topological polar surface area (TPSA) is 89.9 Å². The molecule has 0 spiro atoms. The van der Waals surface area contributed by atoms with E-state index in [1.807, 2.05) is 11.0 Å². The highest BCUT2D eigenvalue weighted by Gasteiger charge is 2.36. The first-order valence-corrected chi connectivity index (χ1v) is 19.0. The van der Waals surface area contributed by atoms with E-state index in [1.54, 1.807) is 27.0 Å². The normalized spacial score (nSPS) is 14.5. The number of aryl methyl sites for hydroxylation is 4. The highest BCUT2D eigenvalue weighted by molar-refractivity contribution is 5.82. The Morgan fingerprint density at radius 2 is 1.70 bits per heavy atom. The van der Waals surface area contributed by atoms with Gasteiger partial charge in [0.05, 0.1) is 30.7 Å². The second kappa shape index (κ2) is 20.0. The molecule has 1 saturated heterocycles. The molecule has 1 aliphatic rings. The average molecular weight is 786 g/mol. The average Bonchev–Trinajstić information content (AvgIpc) is 3.11. The second-order valence-electron chi connectivity index (χ2n) is 14.3. The van der Waals surface area contributed by atoms with Gasteiger partial charge in [0, 0.05) is 38.0 Å². The van der Waals surface area contributed by atoms with E-state index < -0.39 is 59.3 Å². The number of aromatic nitrogens is 1. The van der Waals surface area contributed by atoms with Crippen molar-refractivity contribution in [1.29, 1.82) is 0 Å². The maximum atomic E-state index is 16.2. The monoisotopic (exact) mass is 785 g/mol. The number of alkyl halides is 3. The minimum absolute atomic E-state index is 0.0125. The molecular formula is C43H52F5N3O5. The molecule has 1 N–H and O–H groups in total. The molecule has 56 heavy (non-hydrogen) atoms. The van der Waals surface area contributed by atoms with Crippen molar-refractivity contribution in [2.45, 2.75) is 96.5 Å². The Balaban J connectivity index is 1.74. The number of likely N-dealkylation sites (tertiary alicyclic amines) is 1. The van der Waals surface area contributed by atoms with Crippen LogP contribution in [0.1, 0.15) is 90.9 Å². The van der Waals surface area contributed by atoms with Crippen LogP contribution in [0.25, 0.3) is 11.1 Å². The van der Waals surface area contributed by atoms with E-state index in [-0.39, 0.29) is 42.2 Å². The van der Waals surface area contributed by atoms with Crippen LogP contribution in [-0.2, 0) is 38.1 Å². The van der Waals surface area contributed by atoms with Crippen LogP contribution in [0.5, 0.6) is 0 Å². The maximum Gasteiger partial charge on any atom is 0.416 e. The lowest BCUT2D eigenvalue weighted by atomic mass is 9.88. The number of nitrogens with zero attached hydrogens (tertiary/aromatic N) is 2. The highest BCUT2D eigenvalue weighted by Crippen LogP contribution is 2.36. The third kappa shape index (κ3) is 11.2. The molecule has 0 radical (unpaired) electrons. The van der Waals surface area contributed by atoms with Crippen molar-refractivity contribution in [2.75, 3.05) is 33.4 Å². The summed E-state index contributed by atoms with van der Waals surface area (Å²) < 4.78 is 84.9. The number of pyridine rings is 1. The zero-order valence-corrected chi connectivity index (χ0v) is 32.6. The summed E-state index contributed by atoms with van der Waals surface area (Å²) in [6, 6.07) is 3.75. The molecule has 2 heterocycles. The van der Waals surface area contributed by atoms with Gasteiger partial charge in [-0.25, -0.2) is 8.78 Å². The van der Waals surface area contributed by atoms with E-state index in [0.717, 1.165) is 30.0 Å². The Labute approximate surface area is 325 Å². The number of allylic oxidation sites excluding steroid dienone is 2. The molecule has 1 amide bonds. The number of halogens is 5. The van der Waals surface area contributed by atoms with Crippen molar-refractivity contribution in [3.8, 4) is 11.1 Å². The minimum atomic E-state index is -4.82. The molecule has 1 aromatic heterocycles. The lowest BCUT2D eigenvalue weighted by molar-refractivity contribution is -0.144. The number of methoxy groups -OCH3 is 1. The van der Waals surface area contributed by atoms with Gasteiger partial charge in [-0.15, -0.1) is 13.2 Å². The molecule has 13 heteroatoms. The van der Waals surface area contributed by atoms with Gasteiger partial charge in [0.1, 0.15) is 17.7 Å². The van der Waals surface area contributed by atoms with Crippen LogP contribution in [0.15, 0.2) is 66.6 Å². The molecule has 2 atom stereocenters. The Hall–Kier alpha value is -4.62. The first kappa shape index (κ1) is 44.1. The Morgan fingerprint density at radius 1 is 0.982 bits per heavy atom. The van der Waals surface area contributed by atoms with E-state index in [2.05, 4.69) is 18.5 Å². The van der Waals surface area contributed by atoms with Gasteiger partial charge >= 0.3 is 12.1 Å². The maximum absolute atomic E-state index is 16.2. The van der Waals surface area contributed by atoms with E-state index >= 15 is 4.39 Å². The Kier molecular flexibility index (Phi) is 15.7. The van der Waals surface area contributed by atoms with E-state index in [0.29, 0.717) is 60.8 Å². The number of amides is 1. The summed E-state index contributed by atoms with van der Waals surface area (Å²) >= 11 is 0. The van der Waals surface area contributed by atoms with Crippen LogP contribution in [0.2, 0.25) is 0 Å². The van der Waals surface area contributed by atoms with Crippen LogP contribution in [0.4, 0.5) is 22.0 Å². The molecule has 8 nitrogen and oxygen atoms in total. The fraction of sp³-hybridized carbons (Fsp3) is 0.465. The van der Waals surface area contributed by atoms with Gasteiger partial charge in [-0.2, -0.15) is 13.2 Å². The number of carbonyl (C=O) groups is 2. The first-order valence-electron chi connectivity index (χ1n) is 19.0. The number of carbonyl (C=O) groups excluding carboxylic acids is 2. The van der Waals surface area contributed by atoms with Crippen LogP contribution < -0.4 is 10.9 Å². The summed E-state index contributed by atoms with van der Waals surface area (Å²) in [5.41, 5.74) is 0.396. The molecule has 0 bridgehead atoms. The van der Waals surface area contributed by atoms with Gasteiger partial charge < -0.3 is 19.4 Å². The molecule has 1 fully saturated rings. The largest absolute Gasteiger partial charge is 0.466 e. The Morgan fingerprint density at radius 3 is 2.34 bits per heavy atom. The number of esters is 1. The van der Waals surface area contributed by atoms with Gasteiger partial charge in [0.25, 0.3) is 5.56 Å². The molecule has 4 rings (SSSR count). The van der Waals surface area contributed by atoms with Crippen LogP contribution in [-0.4, -0.2) is 60.8 Å². The highest BCUT2D eigenvalue weighted by atomic mass is 19.4. The molecule has 1 aliphatic heterocycles. The summed E-state index contributed by atoms with van der Waals surface area (Å²) in [5.74, 6) is -2.71. The smallest absolute Gasteiger partial charge is 0.416 e. The third-order valence-corrected chi connectivity index (χ3v) is 10.1. The summed E-state index contributed by atoms with van der Waals surface area (Å²) in [6.07, 6.45) is 2.08. The summed E-state index contributed by atoms with van der Waals surface area (Å²) in [6.45, 7) is 14.2. The molecule has 2 aromatic carbocycles. The number of hydrogen-bond acceptors (Lipinski definition) is 6. The van der Waals surface area contributed by atoms with Crippen LogP contribution >= 0.6 is 0 Å². The first-order chi connectivity index (χ1) is 26.6. The number of nitrogens with one attached hydrogen (secondary N) is 1. The SMILES string of the molecule is C=CCCCCc1cc(F)cc(C)c1-c1cc(C)c(F)c([C@H](CC(=O)OCC)NC(=O)[C@H](CC=C)n2cc(CCCN3CC(OC)C3)c(C(F)(F)F)cc2=O)c1. The fourth-order valence-electron chi connectivity index (χ4n) is 7.27. The van der Waals surface area contributed by atoms with Gasteiger partial charge in [-0.3, -0.25) is 19.3 Å². The zero-order valence-electron chi connectivity index (χ0n) is 32.6. The van der Waals surface area contributed by atoms with Gasteiger partial charge in [-0.05, 0) is 130 Å². The predicted octanol–water partition coefficient (Wildman–Crippen LogP) is 8.52. The van der Waals surface area contributed by atoms with Crippen LogP contribution in [0.3, 0.4) is 0 Å². The van der Waals surface area contributed by atoms with Gasteiger partial charge in [0.2, 0.25) is 5.91 Å². The van der Waals surface area contributed by atoms with Crippen molar-refractivity contribution in [3.63, 3.8) is 0 Å². The van der Waals surface area contributed by atoms with Crippen molar-refractivity contribution >= 4 is 11.9 Å². The van der Waals surface area contributed by atoms with Crippen molar-refractivity contribution in [2.24, 2.45) is 0 Å². The number of ether oxygens (including phenoxy) is 2. The van der Waals surface area contributed by atoms with Crippen molar-refractivity contribution in [3.05, 3.63) is 117 Å². The van der Waals surface area contributed by atoms with E-state index in [1.165, 1.54) is 31.2 Å². The summed E-state index contributed by atoms with van der Waals surface area (Å²) in [5, 5.41) is 2.72. The molecule has 0 aliphatic carbocycles. The molecule has 0 unspecified atom stereocenters. The van der Waals surface area contributed by atoms with Gasteiger partial charge in [-0.1, -0.05) is 12.2 Å². The summed E-state index contributed by atoms with van der Waals surface area (Å²) in [7, 11) is 1.60. The summed E-state index contributed by atoms with van der Waals surface area (Å²) in [4.78, 5) is 42.5.